The number of benzene rings is 2. The second-order valence-electron chi connectivity index (χ2n) is 6.12. The normalized spacial score (nSPS) is 13.0. The fraction of sp³-hybridized carbons (Fsp3) is 0.333. The van der Waals surface area contributed by atoms with Crippen LogP contribution in [0.15, 0.2) is 48.5 Å². The Labute approximate surface area is 131 Å². The summed E-state index contributed by atoms with van der Waals surface area (Å²) >= 11 is 6.06. The fourth-order valence-electron chi connectivity index (χ4n) is 2.70. The van der Waals surface area contributed by atoms with E-state index in [-0.39, 0.29) is 17.3 Å². The summed E-state index contributed by atoms with van der Waals surface area (Å²) < 4.78 is 13.1. The number of hydrogen-bond acceptors (Lipinski definition) is 1. The second kappa shape index (κ2) is 6.48. The van der Waals surface area contributed by atoms with Gasteiger partial charge in [0.15, 0.2) is 0 Å². The van der Waals surface area contributed by atoms with Gasteiger partial charge in [-0.3, -0.25) is 0 Å². The molecule has 3 heteroatoms. The first-order valence-corrected chi connectivity index (χ1v) is 7.53. The summed E-state index contributed by atoms with van der Waals surface area (Å²) in [5.41, 5.74) is 2.14. The first-order chi connectivity index (χ1) is 9.88. The predicted molar refractivity (Wildman–Crippen MR) is 88.6 cm³/mol. The minimum Gasteiger partial charge on any atom is -0.381 e. The van der Waals surface area contributed by atoms with E-state index < -0.39 is 0 Å². The quantitative estimate of drug-likeness (QED) is 0.753. The molecule has 112 valence electrons. The molecule has 2 rings (SSSR count). The lowest BCUT2D eigenvalue weighted by Crippen LogP contribution is -2.27. The van der Waals surface area contributed by atoms with Gasteiger partial charge in [-0.15, -0.1) is 0 Å². The third kappa shape index (κ3) is 4.21. The van der Waals surface area contributed by atoms with Crippen LogP contribution in [0.2, 0.25) is 5.02 Å². The summed E-state index contributed by atoms with van der Waals surface area (Å²) in [6.45, 7) is 6.57. The number of nitrogens with one attached hydrogen (secondary N) is 1. The van der Waals surface area contributed by atoms with Crippen molar-refractivity contribution in [2.45, 2.75) is 38.6 Å². The summed E-state index contributed by atoms with van der Waals surface area (Å²) in [5, 5.41) is 3.78. The fourth-order valence-corrected chi connectivity index (χ4v) is 2.92. The summed E-state index contributed by atoms with van der Waals surface area (Å²) in [7, 11) is 0. The maximum atomic E-state index is 13.1. The van der Waals surface area contributed by atoms with Crippen LogP contribution in [0.3, 0.4) is 0 Å². The highest BCUT2D eigenvalue weighted by atomic mass is 35.5. The SMILES string of the molecule is CC(CC(C)(C)c1ccccc1)Nc1ccc(F)cc1Cl. The smallest absolute Gasteiger partial charge is 0.124 e. The Morgan fingerprint density at radius 3 is 2.43 bits per heavy atom. The van der Waals surface area contributed by atoms with Gasteiger partial charge in [0.2, 0.25) is 0 Å². The highest BCUT2D eigenvalue weighted by Gasteiger charge is 2.23. The lowest BCUT2D eigenvalue weighted by molar-refractivity contribution is 0.450. The predicted octanol–water partition coefficient (Wildman–Crippen LogP) is 5.65. The van der Waals surface area contributed by atoms with Crippen molar-refractivity contribution in [1.82, 2.24) is 0 Å². The highest BCUT2D eigenvalue weighted by molar-refractivity contribution is 6.33. The Bertz CT molecular complexity index is 595. The van der Waals surface area contributed by atoms with Crippen LogP contribution in [0.1, 0.15) is 32.8 Å². The Hall–Kier alpha value is -1.54. The van der Waals surface area contributed by atoms with Crippen molar-refractivity contribution >= 4 is 17.3 Å². The van der Waals surface area contributed by atoms with Gasteiger partial charge in [-0.05, 0) is 42.5 Å². The van der Waals surface area contributed by atoms with Crippen molar-refractivity contribution in [2.24, 2.45) is 0 Å². The molecule has 0 heterocycles. The van der Waals surface area contributed by atoms with E-state index >= 15 is 0 Å². The second-order valence-corrected chi connectivity index (χ2v) is 6.53. The van der Waals surface area contributed by atoms with E-state index in [0.29, 0.717) is 5.02 Å². The zero-order chi connectivity index (χ0) is 15.5. The van der Waals surface area contributed by atoms with Crippen LogP contribution in [-0.2, 0) is 5.41 Å². The van der Waals surface area contributed by atoms with Gasteiger partial charge in [0, 0.05) is 6.04 Å². The molecule has 0 bridgehead atoms. The number of rotatable bonds is 5. The van der Waals surface area contributed by atoms with Crippen molar-refractivity contribution in [2.75, 3.05) is 5.32 Å². The summed E-state index contributed by atoms with van der Waals surface area (Å²) in [5.74, 6) is -0.317. The zero-order valence-corrected chi connectivity index (χ0v) is 13.4. The van der Waals surface area contributed by atoms with E-state index in [1.165, 1.54) is 17.7 Å². The van der Waals surface area contributed by atoms with Crippen LogP contribution in [0.25, 0.3) is 0 Å². The number of hydrogen-bond donors (Lipinski definition) is 1. The lowest BCUT2D eigenvalue weighted by Gasteiger charge is -2.29. The van der Waals surface area contributed by atoms with Crippen molar-refractivity contribution in [1.29, 1.82) is 0 Å². The summed E-state index contributed by atoms with van der Waals surface area (Å²) in [6, 6.07) is 15.1. The topological polar surface area (TPSA) is 12.0 Å². The van der Waals surface area contributed by atoms with Gasteiger partial charge in [0.05, 0.1) is 10.7 Å². The number of anilines is 1. The van der Waals surface area contributed by atoms with Crippen molar-refractivity contribution in [3.8, 4) is 0 Å². The first-order valence-electron chi connectivity index (χ1n) is 7.15. The molecule has 0 aliphatic heterocycles. The van der Waals surface area contributed by atoms with Gasteiger partial charge in [-0.2, -0.15) is 0 Å². The van der Waals surface area contributed by atoms with Gasteiger partial charge in [-0.25, -0.2) is 4.39 Å². The van der Waals surface area contributed by atoms with Crippen LogP contribution in [0, 0.1) is 5.82 Å². The average molecular weight is 306 g/mol. The molecule has 0 aromatic heterocycles. The van der Waals surface area contributed by atoms with E-state index in [2.05, 4.69) is 50.4 Å². The molecule has 2 aromatic carbocycles. The van der Waals surface area contributed by atoms with Crippen LogP contribution < -0.4 is 5.32 Å². The Kier molecular flexibility index (Phi) is 4.89. The van der Waals surface area contributed by atoms with Crippen molar-refractivity contribution in [3.63, 3.8) is 0 Å². The van der Waals surface area contributed by atoms with E-state index in [9.17, 15) is 4.39 Å². The molecule has 1 N–H and O–H groups in total. The van der Waals surface area contributed by atoms with Gasteiger partial charge < -0.3 is 5.32 Å². The van der Waals surface area contributed by atoms with Crippen LogP contribution in [-0.4, -0.2) is 6.04 Å². The summed E-state index contributed by atoms with van der Waals surface area (Å²) in [4.78, 5) is 0. The molecule has 0 spiro atoms. The van der Waals surface area contributed by atoms with E-state index in [4.69, 9.17) is 11.6 Å². The number of halogens is 2. The Morgan fingerprint density at radius 1 is 1.14 bits per heavy atom. The van der Waals surface area contributed by atoms with Gasteiger partial charge in [-0.1, -0.05) is 55.8 Å². The van der Waals surface area contributed by atoms with Crippen molar-refractivity contribution in [3.05, 3.63) is 64.9 Å². The molecule has 0 aliphatic carbocycles. The lowest BCUT2D eigenvalue weighted by atomic mass is 9.79. The molecule has 0 aliphatic rings. The van der Waals surface area contributed by atoms with Gasteiger partial charge >= 0.3 is 0 Å². The van der Waals surface area contributed by atoms with Crippen LogP contribution in [0.4, 0.5) is 10.1 Å². The maximum Gasteiger partial charge on any atom is 0.124 e. The molecule has 1 nitrogen and oxygen atoms in total. The monoisotopic (exact) mass is 305 g/mol. The Morgan fingerprint density at radius 2 is 1.81 bits per heavy atom. The molecule has 21 heavy (non-hydrogen) atoms. The van der Waals surface area contributed by atoms with E-state index in [0.717, 1.165) is 12.1 Å². The molecule has 0 amide bonds. The minimum absolute atomic E-state index is 0.0557. The van der Waals surface area contributed by atoms with Crippen molar-refractivity contribution < 1.29 is 4.39 Å². The highest BCUT2D eigenvalue weighted by Crippen LogP contribution is 2.30. The molecule has 0 radical (unpaired) electrons. The molecular formula is C18H21ClFN. The average Bonchev–Trinajstić information content (AvgIpc) is 2.42. The van der Waals surface area contributed by atoms with Gasteiger partial charge in [0.25, 0.3) is 0 Å². The molecule has 2 aromatic rings. The zero-order valence-electron chi connectivity index (χ0n) is 12.7. The first kappa shape index (κ1) is 15.8. The largest absolute Gasteiger partial charge is 0.381 e. The molecular weight excluding hydrogens is 285 g/mol. The van der Waals surface area contributed by atoms with E-state index in [1.54, 1.807) is 6.07 Å². The third-order valence-corrected chi connectivity index (χ3v) is 4.02. The standard InChI is InChI=1S/C18H21ClFN/c1-13(21-17-10-9-15(20)11-16(17)19)12-18(2,3)14-7-5-4-6-8-14/h4-11,13,21H,12H2,1-3H3. The molecule has 0 saturated heterocycles. The molecule has 0 saturated carbocycles. The Balaban J connectivity index is 2.06. The van der Waals surface area contributed by atoms with Crippen LogP contribution >= 0.6 is 11.6 Å². The maximum absolute atomic E-state index is 13.1. The van der Waals surface area contributed by atoms with E-state index in [1.807, 2.05) is 6.07 Å². The van der Waals surface area contributed by atoms with Crippen LogP contribution in [0.5, 0.6) is 0 Å². The molecule has 1 atom stereocenters. The third-order valence-electron chi connectivity index (χ3n) is 3.70. The molecule has 1 unspecified atom stereocenters. The molecule has 0 fully saturated rings. The summed E-state index contributed by atoms with van der Waals surface area (Å²) in [6.07, 6.45) is 0.949. The minimum atomic E-state index is -0.317. The van der Waals surface area contributed by atoms with Gasteiger partial charge in [0.1, 0.15) is 5.82 Å².